The van der Waals surface area contributed by atoms with E-state index < -0.39 is 24.2 Å². The molecule has 0 saturated heterocycles. The van der Waals surface area contributed by atoms with Gasteiger partial charge in [0.1, 0.15) is 12.1 Å². The van der Waals surface area contributed by atoms with Crippen molar-refractivity contribution in [2.45, 2.75) is 50.9 Å². The van der Waals surface area contributed by atoms with Gasteiger partial charge in [-0.2, -0.15) is 23.7 Å². The molecule has 0 spiro atoms. The highest BCUT2D eigenvalue weighted by atomic mass is 19.4. The van der Waals surface area contributed by atoms with Gasteiger partial charge in [-0.15, -0.1) is 5.53 Å². The molecular formula is C34H32F3N9O. The Labute approximate surface area is 268 Å². The van der Waals surface area contributed by atoms with Gasteiger partial charge in [0.15, 0.2) is 0 Å². The molecule has 3 saturated carbocycles. The number of nitriles is 2. The number of pyridine rings is 2. The molecule has 1 atom stereocenters. The summed E-state index contributed by atoms with van der Waals surface area (Å²) < 4.78 is 42.8. The Morgan fingerprint density at radius 2 is 1.83 bits per heavy atom. The number of anilines is 2. The largest absolute Gasteiger partial charge is 0.395 e. The van der Waals surface area contributed by atoms with Gasteiger partial charge in [0.2, 0.25) is 0 Å². The molecule has 47 heavy (non-hydrogen) atoms. The van der Waals surface area contributed by atoms with Crippen molar-refractivity contribution in [3.63, 3.8) is 0 Å². The maximum absolute atomic E-state index is 13.7. The van der Waals surface area contributed by atoms with Gasteiger partial charge in [-0.25, -0.2) is 0 Å². The van der Waals surface area contributed by atoms with E-state index in [0.717, 1.165) is 55.7 Å². The molecule has 2 bridgehead atoms. The number of hydrazine groups is 2. The fraction of sp³-hybridized carbons (Fsp3) is 0.353. The van der Waals surface area contributed by atoms with Crippen molar-refractivity contribution in [3.8, 4) is 12.1 Å². The van der Waals surface area contributed by atoms with Crippen molar-refractivity contribution < 1.29 is 13.2 Å². The standard InChI is InChI=1S/C34H32F3N9O/c1-32(2,34(35,36)37)18-41-29-21(15-39)16-40-28-20(14-38)9-22(10-26(28)29)42-30(27-17-46(44-43-27)33-11-19(12-33)13-33)24-5-4-6-25-23(24)7-8-45(3)31(25)47/h4-10,16-17,19,30,42-44H,11-13,18H2,1-3H3,(H,40,41)/t19?,30-,33?/m0/s1. The Morgan fingerprint density at radius 1 is 1.09 bits per heavy atom. The van der Waals surface area contributed by atoms with Crippen LogP contribution in [0.2, 0.25) is 0 Å². The molecule has 4 aliphatic rings. The third-order valence-electron chi connectivity index (χ3n) is 9.88. The van der Waals surface area contributed by atoms with Crippen LogP contribution in [0.25, 0.3) is 21.7 Å². The monoisotopic (exact) mass is 639 g/mol. The lowest BCUT2D eigenvalue weighted by Gasteiger charge is -2.64. The fourth-order valence-electron chi connectivity index (χ4n) is 6.76. The van der Waals surface area contributed by atoms with Crippen LogP contribution in [0.1, 0.15) is 55.8 Å². The number of aromatic nitrogens is 2. The van der Waals surface area contributed by atoms with Crippen LogP contribution in [-0.2, 0) is 7.05 Å². The lowest BCUT2D eigenvalue weighted by Crippen LogP contribution is -2.69. The quantitative estimate of drug-likeness (QED) is 0.192. The molecule has 2 aromatic carbocycles. The summed E-state index contributed by atoms with van der Waals surface area (Å²) in [5.41, 5.74) is 7.13. The van der Waals surface area contributed by atoms with E-state index in [-0.39, 0.29) is 33.4 Å². The molecule has 0 amide bonds. The van der Waals surface area contributed by atoms with Gasteiger partial charge in [0.05, 0.1) is 45.0 Å². The Bertz CT molecular complexity index is 2110. The smallest absolute Gasteiger partial charge is 0.382 e. The normalized spacial score (nSPS) is 20.8. The first-order valence-corrected chi connectivity index (χ1v) is 15.3. The number of hydrogen-bond donors (Lipinski definition) is 4. The van der Waals surface area contributed by atoms with Crippen LogP contribution in [0.5, 0.6) is 0 Å². The number of aryl methyl sites for hydroxylation is 1. The Kier molecular flexibility index (Phi) is 6.88. The Balaban J connectivity index is 1.35. The first-order valence-electron chi connectivity index (χ1n) is 15.3. The molecule has 8 rings (SSSR count). The van der Waals surface area contributed by atoms with Crippen molar-refractivity contribution in [1.29, 1.82) is 10.5 Å². The summed E-state index contributed by atoms with van der Waals surface area (Å²) in [4.78, 5) is 17.4. The predicted molar refractivity (Wildman–Crippen MR) is 171 cm³/mol. The third kappa shape index (κ3) is 4.89. The van der Waals surface area contributed by atoms with E-state index in [2.05, 4.69) is 37.7 Å². The van der Waals surface area contributed by atoms with Crippen LogP contribution >= 0.6 is 0 Å². The van der Waals surface area contributed by atoms with Crippen molar-refractivity contribution in [2.75, 3.05) is 17.2 Å². The summed E-state index contributed by atoms with van der Waals surface area (Å²) in [6.07, 6.45) is 3.85. The van der Waals surface area contributed by atoms with Crippen LogP contribution < -0.4 is 27.2 Å². The van der Waals surface area contributed by atoms with Gasteiger partial charge < -0.3 is 20.6 Å². The predicted octanol–water partition coefficient (Wildman–Crippen LogP) is 5.70. The maximum Gasteiger partial charge on any atom is 0.395 e. The second-order valence-electron chi connectivity index (χ2n) is 13.4. The average Bonchev–Trinajstić information content (AvgIpc) is 3.47. The zero-order valence-electron chi connectivity index (χ0n) is 26.0. The zero-order valence-corrected chi connectivity index (χ0v) is 26.0. The highest BCUT2D eigenvalue weighted by molar-refractivity contribution is 5.99. The zero-order chi connectivity index (χ0) is 33.3. The summed E-state index contributed by atoms with van der Waals surface area (Å²) in [5, 5.41) is 30.1. The molecule has 4 aromatic rings. The molecular weight excluding hydrogens is 607 g/mol. The number of rotatable bonds is 8. The number of nitrogens with zero attached hydrogens (tertiary/aromatic N) is 5. The van der Waals surface area contributed by atoms with Crippen molar-refractivity contribution in [1.82, 2.24) is 25.5 Å². The van der Waals surface area contributed by atoms with Gasteiger partial charge in [-0.1, -0.05) is 12.1 Å². The highest BCUT2D eigenvalue weighted by Crippen LogP contribution is 2.60. The molecule has 3 aliphatic carbocycles. The molecule has 240 valence electrons. The number of nitrogens with one attached hydrogen (secondary N) is 4. The van der Waals surface area contributed by atoms with E-state index in [1.165, 1.54) is 10.8 Å². The molecule has 10 nitrogen and oxygen atoms in total. The lowest BCUT2D eigenvalue weighted by atomic mass is 9.49. The summed E-state index contributed by atoms with van der Waals surface area (Å²) in [5.74, 6) is 0.760. The Hall–Kier alpha value is -5.27. The van der Waals surface area contributed by atoms with Crippen molar-refractivity contribution in [2.24, 2.45) is 18.4 Å². The maximum atomic E-state index is 13.7. The summed E-state index contributed by atoms with van der Waals surface area (Å²) in [6, 6.07) is 14.4. The fourth-order valence-corrected chi connectivity index (χ4v) is 6.76. The van der Waals surface area contributed by atoms with E-state index >= 15 is 0 Å². The van der Waals surface area contributed by atoms with E-state index in [9.17, 15) is 28.5 Å². The molecule has 4 N–H and O–H groups in total. The van der Waals surface area contributed by atoms with Gasteiger partial charge >= 0.3 is 6.18 Å². The van der Waals surface area contributed by atoms with Gasteiger partial charge in [0.25, 0.3) is 5.56 Å². The summed E-state index contributed by atoms with van der Waals surface area (Å²) in [7, 11) is 1.69. The first kappa shape index (κ1) is 30.4. The van der Waals surface area contributed by atoms with Crippen molar-refractivity contribution >= 4 is 33.1 Å². The van der Waals surface area contributed by atoms with Crippen LogP contribution in [0.3, 0.4) is 0 Å². The van der Waals surface area contributed by atoms with E-state index in [1.54, 1.807) is 31.4 Å². The van der Waals surface area contributed by atoms with Crippen molar-refractivity contribution in [3.05, 3.63) is 87.7 Å². The van der Waals surface area contributed by atoms with Crippen LogP contribution in [0.15, 0.2) is 65.5 Å². The Morgan fingerprint density at radius 3 is 2.49 bits per heavy atom. The molecule has 2 aromatic heterocycles. The number of hydrogen-bond acceptors (Lipinski definition) is 9. The van der Waals surface area contributed by atoms with Gasteiger partial charge in [0, 0.05) is 48.6 Å². The summed E-state index contributed by atoms with van der Waals surface area (Å²) >= 11 is 0. The number of alkyl halides is 3. The van der Waals surface area contributed by atoms with E-state index in [0.29, 0.717) is 16.5 Å². The second kappa shape index (κ2) is 10.6. The van der Waals surface area contributed by atoms with Crippen LogP contribution in [0, 0.1) is 34.0 Å². The SMILES string of the molecule is Cn1ccc2c([C@H](Nc3cc(C#N)c4ncc(C#N)c(NCC(C)(C)C(F)(F)F)c4c3)C3=CN(C45CC(C4)C5)NN3)cccc2c1=O. The molecule has 1 aliphatic heterocycles. The van der Waals surface area contributed by atoms with Gasteiger partial charge in [-0.3, -0.25) is 14.8 Å². The number of benzene rings is 2. The number of fused-ring (bicyclic) bond motifs is 2. The molecule has 3 heterocycles. The molecule has 13 heteroatoms. The van der Waals surface area contributed by atoms with E-state index in [4.69, 9.17) is 0 Å². The minimum absolute atomic E-state index is 0.0523. The van der Waals surface area contributed by atoms with Gasteiger partial charge in [-0.05, 0) is 74.2 Å². The number of halogens is 3. The highest BCUT2D eigenvalue weighted by Gasteiger charge is 2.60. The second-order valence-corrected chi connectivity index (χ2v) is 13.4. The van der Waals surface area contributed by atoms with Crippen LogP contribution in [0.4, 0.5) is 24.5 Å². The van der Waals surface area contributed by atoms with E-state index in [1.807, 2.05) is 30.5 Å². The minimum Gasteiger partial charge on any atom is -0.382 e. The summed E-state index contributed by atoms with van der Waals surface area (Å²) in [6.45, 7) is 1.66. The van der Waals surface area contributed by atoms with Crippen LogP contribution in [-0.4, -0.2) is 32.8 Å². The molecule has 3 fully saturated rings. The minimum atomic E-state index is -4.49. The molecule has 0 radical (unpaired) electrons. The lowest BCUT2D eigenvalue weighted by molar-refractivity contribution is -0.206. The molecule has 0 unspecified atom stereocenters. The third-order valence-corrected chi connectivity index (χ3v) is 9.88. The average molecular weight is 640 g/mol. The topological polar surface area (TPSA) is 134 Å². The first-order chi connectivity index (χ1) is 22.3.